The highest BCUT2D eigenvalue weighted by Crippen LogP contribution is 2.36. The molecule has 0 fully saturated rings. The monoisotopic (exact) mass is 284 g/mol. The van der Waals surface area contributed by atoms with Gasteiger partial charge in [-0.15, -0.1) is 0 Å². The molecular weight excluding hydrogens is 268 g/mol. The van der Waals surface area contributed by atoms with Gasteiger partial charge in [0.2, 0.25) is 0 Å². The molecule has 1 heterocycles. The second kappa shape index (κ2) is 5.13. The summed E-state index contributed by atoms with van der Waals surface area (Å²) in [6, 6.07) is 12.1. The molecule has 0 bridgehead atoms. The van der Waals surface area contributed by atoms with Gasteiger partial charge in [-0.2, -0.15) is 0 Å². The fraction of sp³-hybridized carbons (Fsp3) is 0.188. The van der Waals surface area contributed by atoms with Crippen LogP contribution in [0.25, 0.3) is 10.2 Å². The van der Waals surface area contributed by atoms with Crippen LogP contribution in [0.3, 0.4) is 0 Å². The summed E-state index contributed by atoms with van der Waals surface area (Å²) in [5, 5.41) is 4.26. The van der Waals surface area contributed by atoms with Crippen molar-refractivity contribution in [2.45, 2.75) is 13.8 Å². The van der Waals surface area contributed by atoms with Crippen LogP contribution in [0.15, 0.2) is 36.4 Å². The number of benzene rings is 2. The maximum atomic E-state index is 5.42. The normalized spacial score (nSPS) is 10.8. The molecular formula is C16H16N2OS. The summed E-state index contributed by atoms with van der Waals surface area (Å²) >= 11 is 1.66. The van der Waals surface area contributed by atoms with Gasteiger partial charge in [0.25, 0.3) is 0 Å². The zero-order valence-electron chi connectivity index (χ0n) is 11.7. The minimum absolute atomic E-state index is 0.908. The molecule has 3 rings (SSSR count). The number of aromatic nitrogens is 1. The second-order valence-electron chi connectivity index (χ2n) is 4.71. The number of hydrogen-bond acceptors (Lipinski definition) is 4. The highest BCUT2D eigenvalue weighted by molar-refractivity contribution is 7.22. The Balaban J connectivity index is 2.07. The molecule has 20 heavy (non-hydrogen) atoms. The molecule has 3 aromatic rings. The van der Waals surface area contributed by atoms with Gasteiger partial charge >= 0.3 is 0 Å². The first-order valence-corrected chi connectivity index (χ1v) is 7.27. The lowest BCUT2D eigenvalue weighted by atomic mass is 10.1. The Morgan fingerprint density at radius 2 is 1.90 bits per heavy atom. The molecule has 102 valence electrons. The Morgan fingerprint density at radius 3 is 2.60 bits per heavy atom. The third-order valence-corrected chi connectivity index (χ3v) is 4.39. The van der Waals surface area contributed by atoms with Crippen LogP contribution in [0.4, 0.5) is 10.8 Å². The number of ether oxygens (including phenoxy) is 1. The average molecular weight is 284 g/mol. The number of hydrogen-bond donors (Lipinski definition) is 1. The van der Waals surface area contributed by atoms with E-state index in [0.717, 1.165) is 33.2 Å². The van der Waals surface area contributed by atoms with Gasteiger partial charge in [0, 0.05) is 11.3 Å². The van der Waals surface area contributed by atoms with Crippen molar-refractivity contribution in [3.05, 3.63) is 47.5 Å². The highest BCUT2D eigenvalue weighted by Gasteiger charge is 2.12. The van der Waals surface area contributed by atoms with Crippen molar-refractivity contribution < 1.29 is 4.74 Å². The second-order valence-corrected chi connectivity index (χ2v) is 5.71. The lowest BCUT2D eigenvalue weighted by Crippen LogP contribution is -1.90. The third kappa shape index (κ3) is 2.23. The van der Waals surface area contributed by atoms with Crippen LogP contribution in [-0.4, -0.2) is 12.1 Å². The molecule has 0 unspecified atom stereocenters. The number of aryl methyl sites for hydroxylation is 2. The van der Waals surface area contributed by atoms with Crippen LogP contribution < -0.4 is 10.1 Å². The van der Waals surface area contributed by atoms with E-state index in [-0.39, 0.29) is 0 Å². The highest BCUT2D eigenvalue weighted by atomic mass is 32.1. The van der Waals surface area contributed by atoms with Crippen LogP contribution in [0.2, 0.25) is 0 Å². The Morgan fingerprint density at radius 1 is 1.15 bits per heavy atom. The Hall–Kier alpha value is -2.07. The summed E-state index contributed by atoms with van der Waals surface area (Å²) in [6.45, 7) is 4.14. The van der Waals surface area contributed by atoms with Gasteiger partial charge in [0.05, 0.1) is 17.3 Å². The predicted molar refractivity (Wildman–Crippen MR) is 85.4 cm³/mol. The van der Waals surface area contributed by atoms with E-state index >= 15 is 0 Å². The van der Waals surface area contributed by atoms with Gasteiger partial charge in [-0.25, -0.2) is 4.98 Å². The summed E-state index contributed by atoms with van der Waals surface area (Å²) in [7, 11) is 1.71. The number of anilines is 2. The zero-order chi connectivity index (χ0) is 14.1. The summed E-state index contributed by atoms with van der Waals surface area (Å²) in [5.41, 5.74) is 4.38. The number of methoxy groups -OCH3 is 1. The number of nitrogens with one attached hydrogen (secondary N) is 1. The first kappa shape index (κ1) is 12.9. The van der Waals surface area contributed by atoms with E-state index in [1.165, 1.54) is 4.70 Å². The minimum Gasteiger partial charge on any atom is -0.496 e. The zero-order valence-corrected chi connectivity index (χ0v) is 12.5. The fourth-order valence-corrected chi connectivity index (χ4v) is 3.29. The van der Waals surface area contributed by atoms with E-state index in [2.05, 4.69) is 19.2 Å². The first-order chi connectivity index (χ1) is 9.69. The van der Waals surface area contributed by atoms with E-state index in [1.54, 1.807) is 18.4 Å². The molecule has 0 saturated carbocycles. The van der Waals surface area contributed by atoms with Crippen LogP contribution >= 0.6 is 11.3 Å². The van der Waals surface area contributed by atoms with Crippen LogP contribution in [-0.2, 0) is 0 Å². The van der Waals surface area contributed by atoms with Crippen molar-refractivity contribution in [2.24, 2.45) is 0 Å². The van der Waals surface area contributed by atoms with Crippen LogP contribution in [0.5, 0.6) is 5.75 Å². The predicted octanol–water partition coefficient (Wildman–Crippen LogP) is 4.67. The van der Waals surface area contributed by atoms with Crippen molar-refractivity contribution in [1.29, 1.82) is 0 Å². The van der Waals surface area contributed by atoms with E-state index in [9.17, 15) is 0 Å². The maximum Gasteiger partial charge on any atom is 0.188 e. The molecule has 1 aromatic heterocycles. The van der Waals surface area contributed by atoms with Crippen molar-refractivity contribution in [1.82, 2.24) is 4.98 Å². The third-order valence-electron chi connectivity index (χ3n) is 3.30. The summed E-state index contributed by atoms with van der Waals surface area (Å²) < 4.78 is 6.60. The topological polar surface area (TPSA) is 34.1 Å². The lowest BCUT2D eigenvalue weighted by Gasteiger charge is -2.06. The molecule has 0 radical (unpaired) electrons. The van der Waals surface area contributed by atoms with Gasteiger partial charge in [-0.1, -0.05) is 29.5 Å². The Kier molecular flexibility index (Phi) is 3.32. The molecule has 2 aromatic carbocycles. The smallest absolute Gasteiger partial charge is 0.188 e. The van der Waals surface area contributed by atoms with Crippen molar-refractivity contribution in [3.8, 4) is 5.75 Å². The average Bonchev–Trinajstić information content (AvgIpc) is 2.88. The Bertz CT molecular complexity index is 750. The lowest BCUT2D eigenvalue weighted by molar-refractivity contribution is 0.412. The molecule has 4 heteroatoms. The summed E-state index contributed by atoms with van der Waals surface area (Å²) in [6.07, 6.45) is 0. The van der Waals surface area contributed by atoms with Gasteiger partial charge in [0.1, 0.15) is 5.75 Å². The SMILES string of the molecule is COc1cc(C)c2nc(Nc3ccccc3)sc2c1C. The van der Waals surface area contributed by atoms with Gasteiger partial charge < -0.3 is 10.1 Å². The largest absolute Gasteiger partial charge is 0.496 e. The minimum atomic E-state index is 0.908. The number of nitrogens with zero attached hydrogens (tertiary/aromatic N) is 1. The van der Waals surface area contributed by atoms with Gasteiger partial charge in [-0.05, 0) is 37.6 Å². The molecule has 0 saturated heterocycles. The van der Waals surface area contributed by atoms with Crippen molar-refractivity contribution >= 4 is 32.4 Å². The molecule has 0 aliphatic heterocycles. The number of rotatable bonds is 3. The van der Waals surface area contributed by atoms with E-state index in [0.29, 0.717) is 0 Å². The Labute approximate surface area is 122 Å². The quantitative estimate of drug-likeness (QED) is 0.759. The van der Waals surface area contributed by atoms with Crippen molar-refractivity contribution in [2.75, 3.05) is 12.4 Å². The molecule has 0 atom stereocenters. The van der Waals surface area contributed by atoms with Crippen LogP contribution in [0, 0.1) is 13.8 Å². The summed E-state index contributed by atoms with van der Waals surface area (Å²) in [5.74, 6) is 0.921. The van der Waals surface area contributed by atoms with E-state index < -0.39 is 0 Å². The molecule has 0 spiro atoms. The first-order valence-electron chi connectivity index (χ1n) is 6.46. The maximum absolute atomic E-state index is 5.42. The van der Waals surface area contributed by atoms with E-state index in [4.69, 9.17) is 9.72 Å². The number of thiazole rings is 1. The van der Waals surface area contributed by atoms with Crippen LogP contribution in [0.1, 0.15) is 11.1 Å². The number of fused-ring (bicyclic) bond motifs is 1. The molecule has 0 aliphatic rings. The molecule has 0 amide bonds. The molecule has 3 nitrogen and oxygen atoms in total. The fourth-order valence-electron chi connectivity index (χ4n) is 2.24. The number of para-hydroxylation sites is 1. The van der Waals surface area contributed by atoms with Gasteiger partial charge in [-0.3, -0.25) is 0 Å². The van der Waals surface area contributed by atoms with Gasteiger partial charge in [0.15, 0.2) is 5.13 Å². The van der Waals surface area contributed by atoms with E-state index in [1.807, 2.05) is 36.4 Å². The molecule has 1 N–H and O–H groups in total. The van der Waals surface area contributed by atoms with Crippen molar-refractivity contribution in [3.63, 3.8) is 0 Å². The summed E-state index contributed by atoms with van der Waals surface area (Å²) in [4.78, 5) is 4.70. The molecule has 0 aliphatic carbocycles. The standard InChI is InChI=1S/C16H16N2OS/c1-10-9-13(19-3)11(2)15-14(10)18-16(20-15)17-12-7-5-4-6-8-12/h4-9H,1-3H3,(H,17,18).